The van der Waals surface area contributed by atoms with Crippen molar-refractivity contribution >= 4 is 16.6 Å². The van der Waals surface area contributed by atoms with Gasteiger partial charge in [-0.1, -0.05) is 36.4 Å². The summed E-state index contributed by atoms with van der Waals surface area (Å²) in [6.45, 7) is 1.03. The van der Waals surface area contributed by atoms with Crippen LogP contribution in [0.25, 0.3) is 10.9 Å². The zero-order chi connectivity index (χ0) is 21.9. The second-order valence-corrected chi connectivity index (χ2v) is 7.50. The van der Waals surface area contributed by atoms with E-state index in [1.54, 1.807) is 7.11 Å². The highest BCUT2D eigenvalue weighted by atomic mass is 16.7. The molecule has 0 amide bonds. The molecule has 0 fully saturated rings. The van der Waals surface area contributed by atoms with Crippen LogP contribution in [0.1, 0.15) is 22.6 Å². The van der Waals surface area contributed by atoms with Crippen LogP contribution in [-0.2, 0) is 24.4 Å². The molecule has 0 unspecified atom stereocenters. The number of ether oxygens (including phenoxy) is 4. The number of anilines is 1. The first-order valence-corrected chi connectivity index (χ1v) is 10.3. The van der Waals surface area contributed by atoms with Gasteiger partial charge in [-0.15, -0.1) is 0 Å². The molecule has 4 aromatic rings. The van der Waals surface area contributed by atoms with Gasteiger partial charge < -0.3 is 24.7 Å². The Labute approximate surface area is 185 Å². The van der Waals surface area contributed by atoms with Crippen molar-refractivity contribution in [1.82, 2.24) is 9.97 Å². The monoisotopic (exact) mass is 429 g/mol. The van der Waals surface area contributed by atoms with Gasteiger partial charge in [0.25, 0.3) is 0 Å². The molecule has 7 heteroatoms. The molecule has 1 aliphatic rings. The molecular formula is C25H23N3O4. The van der Waals surface area contributed by atoms with Gasteiger partial charge in [-0.05, 0) is 35.4 Å². The van der Waals surface area contributed by atoms with Gasteiger partial charge in [0.1, 0.15) is 12.4 Å². The number of benzene rings is 3. The molecule has 32 heavy (non-hydrogen) atoms. The van der Waals surface area contributed by atoms with Crippen molar-refractivity contribution < 1.29 is 18.9 Å². The first-order chi connectivity index (χ1) is 15.7. The fourth-order valence-electron chi connectivity index (χ4n) is 3.81. The highest BCUT2D eigenvalue weighted by Gasteiger charge is 2.17. The van der Waals surface area contributed by atoms with Crippen LogP contribution in [0.4, 0.5) is 5.69 Å². The number of aromatic nitrogens is 2. The molecule has 0 radical (unpaired) electrons. The van der Waals surface area contributed by atoms with Gasteiger partial charge in [-0.2, -0.15) is 0 Å². The van der Waals surface area contributed by atoms with Crippen LogP contribution in [0.5, 0.6) is 17.2 Å². The number of hydrogen-bond acceptors (Lipinski definition) is 7. The minimum Gasteiger partial charge on any atom is -0.495 e. The van der Waals surface area contributed by atoms with Crippen LogP contribution in [0.2, 0.25) is 0 Å². The first kappa shape index (κ1) is 20.1. The Morgan fingerprint density at radius 1 is 0.906 bits per heavy atom. The molecule has 2 N–H and O–H groups in total. The lowest BCUT2D eigenvalue weighted by Crippen LogP contribution is -2.07. The molecule has 162 valence electrons. The molecule has 3 aromatic carbocycles. The first-order valence-electron chi connectivity index (χ1n) is 10.3. The summed E-state index contributed by atoms with van der Waals surface area (Å²) in [5.41, 5.74) is 10.6. The number of hydrogen-bond donors (Lipinski definition) is 1. The van der Waals surface area contributed by atoms with E-state index in [0.717, 1.165) is 39.2 Å². The molecular weight excluding hydrogens is 406 g/mol. The zero-order valence-electron chi connectivity index (χ0n) is 17.7. The van der Waals surface area contributed by atoms with Gasteiger partial charge in [0.05, 0.1) is 30.6 Å². The minimum absolute atomic E-state index is 0.238. The van der Waals surface area contributed by atoms with E-state index in [9.17, 15) is 0 Å². The summed E-state index contributed by atoms with van der Waals surface area (Å²) < 4.78 is 22.2. The average Bonchev–Trinajstić information content (AvgIpc) is 3.28. The van der Waals surface area contributed by atoms with Crippen molar-refractivity contribution in [2.75, 3.05) is 19.6 Å². The Kier molecular flexibility index (Phi) is 5.47. The second kappa shape index (κ2) is 8.72. The van der Waals surface area contributed by atoms with E-state index in [1.807, 2.05) is 60.7 Å². The highest BCUT2D eigenvalue weighted by Crippen LogP contribution is 2.35. The van der Waals surface area contributed by atoms with Crippen LogP contribution in [0, 0.1) is 0 Å². The third-order valence-corrected chi connectivity index (χ3v) is 5.36. The maximum atomic E-state index is 6.42. The third-order valence-electron chi connectivity index (χ3n) is 5.36. The van der Waals surface area contributed by atoms with Gasteiger partial charge in [-0.25, -0.2) is 9.97 Å². The molecule has 1 aliphatic heterocycles. The zero-order valence-corrected chi connectivity index (χ0v) is 17.7. The lowest BCUT2D eigenvalue weighted by molar-refractivity contribution is 0.102. The van der Waals surface area contributed by atoms with Gasteiger partial charge >= 0.3 is 0 Å². The topological polar surface area (TPSA) is 88.7 Å². The van der Waals surface area contributed by atoms with Crippen LogP contribution in [0.3, 0.4) is 0 Å². The van der Waals surface area contributed by atoms with E-state index in [1.165, 1.54) is 0 Å². The van der Waals surface area contributed by atoms with E-state index in [-0.39, 0.29) is 6.79 Å². The van der Waals surface area contributed by atoms with Gasteiger partial charge in [0.15, 0.2) is 17.3 Å². The Hall–Kier alpha value is -3.84. The quantitative estimate of drug-likeness (QED) is 0.439. The number of rotatable bonds is 7. The van der Waals surface area contributed by atoms with Crippen molar-refractivity contribution in [2.45, 2.75) is 19.6 Å². The number of nitrogens with two attached hydrogens (primary N) is 1. The molecule has 0 atom stereocenters. The van der Waals surface area contributed by atoms with E-state index in [2.05, 4.69) is 4.98 Å². The largest absolute Gasteiger partial charge is 0.495 e. The Morgan fingerprint density at radius 2 is 1.75 bits per heavy atom. The summed E-state index contributed by atoms with van der Waals surface area (Å²) >= 11 is 0. The average molecular weight is 429 g/mol. The van der Waals surface area contributed by atoms with Crippen LogP contribution in [-0.4, -0.2) is 23.9 Å². The standard InChI is InChI=1S/C25H23N3O4/c1-29-21-10-8-18-24(25(21)26)19(11-17-7-9-20-22(12-17)32-15-31-20)28-23(27-18)14-30-13-16-5-3-2-4-6-16/h2-10,12H,11,13-15,26H2,1H3. The molecule has 0 spiro atoms. The van der Waals surface area contributed by atoms with Crippen molar-refractivity contribution in [3.8, 4) is 17.2 Å². The van der Waals surface area contributed by atoms with Gasteiger partial charge in [0.2, 0.25) is 6.79 Å². The number of nitrogens with zero attached hydrogens (tertiary/aromatic N) is 2. The summed E-state index contributed by atoms with van der Waals surface area (Å²) in [6, 6.07) is 19.6. The predicted molar refractivity (Wildman–Crippen MR) is 121 cm³/mol. The fraction of sp³-hybridized carbons (Fsp3) is 0.200. The molecule has 7 nitrogen and oxygen atoms in total. The minimum atomic E-state index is 0.238. The Bertz CT molecular complexity index is 1260. The number of fused-ring (bicyclic) bond motifs is 2. The fourth-order valence-corrected chi connectivity index (χ4v) is 3.81. The molecule has 2 heterocycles. The van der Waals surface area contributed by atoms with E-state index in [0.29, 0.717) is 36.9 Å². The molecule has 1 aromatic heterocycles. The maximum absolute atomic E-state index is 6.42. The number of nitrogen functional groups attached to an aromatic ring is 1. The molecule has 0 bridgehead atoms. The molecule has 0 saturated carbocycles. The molecule has 0 aliphatic carbocycles. The summed E-state index contributed by atoms with van der Waals surface area (Å²) in [7, 11) is 1.60. The van der Waals surface area contributed by atoms with Gasteiger partial charge in [0, 0.05) is 11.8 Å². The Morgan fingerprint density at radius 3 is 2.59 bits per heavy atom. The van der Waals surface area contributed by atoms with Crippen molar-refractivity contribution in [2.24, 2.45) is 0 Å². The predicted octanol–water partition coefficient (Wildman–Crippen LogP) is 4.26. The van der Waals surface area contributed by atoms with Crippen molar-refractivity contribution in [3.05, 3.63) is 83.3 Å². The molecule has 0 saturated heterocycles. The smallest absolute Gasteiger partial charge is 0.231 e. The maximum Gasteiger partial charge on any atom is 0.231 e. The van der Waals surface area contributed by atoms with E-state index < -0.39 is 0 Å². The van der Waals surface area contributed by atoms with Crippen LogP contribution < -0.4 is 19.9 Å². The summed E-state index contributed by atoms with van der Waals surface area (Å²) in [5, 5.41) is 0.786. The normalized spacial score (nSPS) is 12.3. The van der Waals surface area contributed by atoms with Crippen molar-refractivity contribution in [3.63, 3.8) is 0 Å². The van der Waals surface area contributed by atoms with E-state index in [4.69, 9.17) is 29.7 Å². The molecule has 5 rings (SSSR count). The Balaban J connectivity index is 1.48. The summed E-state index contributed by atoms with van der Waals surface area (Å²) in [4.78, 5) is 9.50. The highest BCUT2D eigenvalue weighted by molar-refractivity contribution is 5.95. The third kappa shape index (κ3) is 4.02. The van der Waals surface area contributed by atoms with Crippen LogP contribution >= 0.6 is 0 Å². The lowest BCUT2D eigenvalue weighted by atomic mass is 10.0. The summed E-state index contributed by atoms with van der Waals surface area (Å²) in [5.74, 6) is 2.69. The SMILES string of the molecule is COc1ccc2nc(COCc3ccccc3)nc(Cc3ccc4c(c3)OCO4)c2c1N. The van der Waals surface area contributed by atoms with Gasteiger partial charge in [-0.3, -0.25) is 0 Å². The van der Waals surface area contributed by atoms with Crippen molar-refractivity contribution in [1.29, 1.82) is 0 Å². The van der Waals surface area contributed by atoms with E-state index >= 15 is 0 Å². The summed E-state index contributed by atoms with van der Waals surface area (Å²) in [6.07, 6.45) is 0.554. The van der Waals surface area contributed by atoms with Crippen LogP contribution in [0.15, 0.2) is 60.7 Å². The number of methoxy groups -OCH3 is 1. The lowest BCUT2D eigenvalue weighted by Gasteiger charge is -2.14. The second-order valence-electron chi connectivity index (χ2n) is 7.50.